The molecule has 0 aromatic heterocycles. The molecule has 8 aromatic carbocycles. The molecular formula is C78H80N4O2+2. The van der Waals surface area contributed by atoms with Crippen LogP contribution in [0.5, 0.6) is 0 Å². The molecule has 8 aromatic rings. The fourth-order valence-corrected chi connectivity index (χ4v) is 14.5. The van der Waals surface area contributed by atoms with Gasteiger partial charge in [-0.25, -0.2) is 0 Å². The standard InChI is InChI=1S/C78H80N4O2/c1-75(2)67(79(9)63-45-41-55-29-21-25-33-59(55)71(63)75)37-17-13-11-15-19-39-69-77(5,6)73-61-35-27-23-31-57(61)43-47-65(73)81(69)49-51-83-53-54-84-52-50-82-66-48-44-58-32-24-28-36-62(58)74(66)78(7,8)70(82)40-20-16-12-14-18-38-68-76(3,4)72-60-34-26-22-30-56(60)42-46-64(72)80(68)10/h11-48H,49-54H2,1-10H3/q+2. The van der Waals surface area contributed by atoms with Crippen LogP contribution in [0.15, 0.2) is 242 Å². The topological polar surface area (TPSA) is 31.0 Å². The summed E-state index contributed by atoms with van der Waals surface area (Å²) in [4.78, 5) is 4.69. The molecule has 0 atom stereocenters. The Morgan fingerprint density at radius 2 is 0.667 bits per heavy atom. The van der Waals surface area contributed by atoms with E-state index in [4.69, 9.17) is 9.47 Å². The molecule has 422 valence electrons. The van der Waals surface area contributed by atoms with Gasteiger partial charge in [0.2, 0.25) is 11.4 Å². The molecule has 4 heterocycles. The smallest absolute Gasteiger partial charge is 0.210 e. The molecule has 4 aliphatic rings. The van der Waals surface area contributed by atoms with E-state index >= 15 is 0 Å². The van der Waals surface area contributed by atoms with Gasteiger partial charge in [0, 0.05) is 83.1 Å². The van der Waals surface area contributed by atoms with Gasteiger partial charge in [-0.1, -0.05) is 198 Å². The third-order valence-corrected chi connectivity index (χ3v) is 18.5. The summed E-state index contributed by atoms with van der Waals surface area (Å²) in [6.45, 7) is 22.4. The number of rotatable bonds is 17. The Morgan fingerprint density at radius 3 is 1.05 bits per heavy atom. The predicted molar refractivity (Wildman–Crippen MR) is 357 cm³/mol. The zero-order valence-electron chi connectivity index (χ0n) is 50.8. The Kier molecular flexibility index (Phi) is 15.1. The maximum atomic E-state index is 6.40. The number of fused-ring (bicyclic) bond motifs is 12. The molecular weight excluding hydrogens is 1020 g/mol. The van der Waals surface area contributed by atoms with Gasteiger partial charge in [0.25, 0.3) is 0 Å². The van der Waals surface area contributed by atoms with Gasteiger partial charge in [0.1, 0.15) is 13.2 Å². The molecule has 0 saturated carbocycles. The van der Waals surface area contributed by atoms with Gasteiger partial charge in [-0.15, -0.1) is 0 Å². The summed E-state index contributed by atoms with van der Waals surface area (Å²) in [5.41, 5.74) is 15.0. The largest absolute Gasteiger partial charge is 0.372 e. The summed E-state index contributed by atoms with van der Waals surface area (Å²) in [6, 6.07) is 53.1. The maximum Gasteiger partial charge on any atom is 0.210 e. The van der Waals surface area contributed by atoms with Crippen molar-refractivity contribution >= 4 is 77.3 Å². The first-order valence-corrected chi connectivity index (χ1v) is 30.1. The van der Waals surface area contributed by atoms with Crippen LogP contribution in [0.3, 0.4) is 0 Å². The van der Waals surface area contributed by atoms with Crippen molar-refractivity contribution < 1.29 is 18.6 Å². The van der Waals surface area contributed by atoms with Crippen molar-refractivity contribution in [1.29, 1.82) is 0 Å². The lowest BCUT2D eigenvalue weighted by Gasteiger charge is -2.24. The van der Waals surface area contributed by atoms with Crippen LogP contribution >= 0.6 is 0 Å². The average molecular weight is 1110 g/mol. The normalized spacial score (nSPS) is 18.7. The first kappa shape index (κ1) is 56.1. The molecule has 0 spiro atoms. The molecule has 0 amide bonds. The molecule has 4 aliphatic heterocycles. The van der Waals surface area contributed by atoms with E-state index in [1.165, 1.54) is 111 Å². The first-order chi connectivity index (χ1) is 40.6. The molecule has 0 radical (unpaired) electrons. The van der Waals surface area contributed by atoms with Gasteiger partial charge in [-0.3, -0.25) is 0 Å². The summed E-state index contributed by atoms with van der Waals surface area (Å²) < 4.78 is 17.7. The first-order valence-electron chi connectivity index (χ1n) is 30.1. The Labute approximate surface area is 498 Å². The summed E-state index contributed by atoms with van der Waals surface area (Å²) in [6.07, 6.45) is 30.6. The molecule has 84 heavy (non-hydrogen) atoms. The van der Waals surface area contributed by atoms with Crippen molar-refractivity contribution in [1.82, 2.24) is 0 Å². The summed E-state index contributed by atoms with van der Waals surface area (Å²) in [5.74, 6) is 0. The van der Waals surface area contributed by atoms with Gasteiger partial charge in [0.05, 0.1) is 24.0 Å². The van der Waals surface area contributed by atoms with Crippen LogP contribution in [-0.2, 0) is 31.1 Å². The van der Waals surface area contributed by atoms with Crippen molar-refractivity contribution in [2.45, 2.75) is 77.0 Å². The molecule has 12 rings (SSSR count). The third kappa shape index (κ3) is 9.83. The predicted octanol–water partition coefficient (Wildman–Crippen LogP) is 17.7. The number of anilines is 2. The number of nitrogens with zero attached hydrogens (tertiary/aromatic N) is 4. The molecule has 0 N–H and O–H groups in total. The van der Waals surface area contributed by atoms with Gasteiger partial charge >= 0.3 is 0 Å². The zero-order valence-corrected chi connectivity index (χ0v) is 50.8. The minimum Gasteiger partial charge on any atom is -0.372 e. The van der Waals surface area contributed by atoms with Crippen LogP contribution in [0.25, 0.3) is 43.1 Å². The van der Waals surface area contributed by atoms with E-state index in [9.17, 15) is 0 Å². The minimum atomic E-state index is -0.220. The second-order valence-corrected chi connectivity index (χ2v) is 25.0. The quantitative estimate of drug-likeness (QED) is 0.0517. The van der Waals surface area contributed by atoms with E-state index in [2.05, 4.69) is 319 Å². The molecule has 6 heteroatoms. The van der Waals surface area contributed by atoms with Crippen LogP contribution in [0.1, 0.15) is 77.6 Å². The van der Waals surface area contributed by atoms with Crippen molar-refractivity contribution in [3.8, 4) is 0 Å². The summed E-state index contributed by atoms with van der Waals surface area (Å²) >= 11 is 0. The lowest BCUT2D eigenvalue weighted by Crippen LogP contribution is -2.29. The highest BCUT2D eigenvalue weighted by Crippen LogP contribution is 2.52. The van der Waals surface area contributed by atoms with E-state index in [-0.39, 0.29) is 21.7 Å². The highest BCUT2D eigenvalue weighted by Gasteiger charge is 2.47. The summed E-state index contributed by atoms with van der Waals surface area (Å²) in [5, 5.41) is 10.3. The van der Waals surface area contributed by atoms with E-state index in [1.54, 1.807) is 0 Å². The fourth-order valence-electron chi connectivity index (χ4n) is 14.5. The minimum absolute atomic E-state index is 0.118. The Balaban J connectivity index is 0.699. The number of benzene rings is 8. The highest BCUT2D eigenvalue weighted by molar-refractivity contribution is 6.09. The number of hydrogen-bond donors (Lipinski definition) is 0. The average Bonchev–Trinajstić information content (AvgIpc) is 2.09. The number of hydrogen-bond acceptors (Lipinski definition) is 4. The number of ether oxygens (including phenoxy) is 2. The SMILES string of the molecule is CN1C(=CC=CC=CC=CC2=[N+](CCOCCOCC[N+]3=C(C=CC=CC=CC=C4N(C)c5ccc6ccccc6c5C4(C)C)C(C)(C)c4c3ccc3ccccc43)c3ccc4ccccc4c3C2(C)C)C(C)(C)c2c1ccc1ccccc21. The maximum absolute atomic E-state index is 6.40. The van der Waals surface area contributed by atoms with E-state index in [0.717, 1.165) is 13.1 Å². The van der Waals surface area contributed by atoms with Gasteiger partial charge < -0.3 is 19.3 Å². The zero-order chi connectivity index (χ0) is 58.4. The lowest BCUT2D eigenvalue weighted by molar-refractivity contribution is -0.443. The molecule has 0 saturated heterocycles. The van der Waals surface area contributed by atoms with Crippen LogP contribution in [0.4, 0.5) is 22.7 Å². The number of allylic oxidation sites excluding steroid dienone is 16. The van der Waals surface area contributed by atoms with Gasteiger partial charge in [0.15, 0.2) is 24.5 Å². The van der Waals surface area contributed by atoms with Crippen LogP contribution < -0.4 is 9.80 Å². The second kappa shape index (κ2) is 22.6. The Morgan fingerprint density at radius 1 is 0.345 bits per heavy atom. The second-order valence-electron chi connectivity index (χ2n) is 25.0. The van der Waals surface area contributed by atoms with Gasteiger partial charge in [-0.05, 0) is 118 Å². The van der Waals surface area contributed by atoms with Crippen LogP contribution in [-0.4, -0.2) is 74.2 Å². The molecule has 0 aliphatic carbocycles. The van der Waals surface area contributed by atoms with Crippen molar-refractivity contribution in [2.75, 3.05) is 63.4 Å². The van der Waals surface area contributed by atoms with E-state index in [1.807, 2.05) is 0 Å². The highest BCUT2D eigenvalue weighted by atomic mass is 16.5. The van der Waals surface area contributed by atoms with Crippen molar-refractivity contribution in [3.63, 3.8) is 0 Å². The fraction of sp³-hybridized carbons (Fsp3) is 0.256. The van der Waals surface area contributed by atoms with Gasteiger partial charge in [-0.2, -0.15) is 9.15 Å². The van der Waals surface area contributed by atoms with E-state index < -0.39 is 0 Å². The molecule has 6 nitrogen and oxygen atoms in total. The molecule has 0 unspecified atom stereocenters. The van der Waals surface area contributed by atoms with Crippen molar-refractivity contribution in [2.24, 2.45) is 0 Å². The van der Waals surface area contributed by atoms with Crippen molar-refractivity contribution in [3.05, 3.63) is 264 Å². The third-order valence-electron chi connectivity index (χ3n) is 18.5. The Hall–Kier alpha value is -8.42. The molecule has 0 fully saturated rings. The number of likely N-dealkylation sites (N-methyl/N-ethyl adjacent to an activating group) is 2. The Bertz CT molecular complexity index is 3970. The van der Waals surface area contributed by atoms with E-state index in [0.29, 0.717) is 26.4 Å². The van der Waals surface area contributed by atoms with Crippen LogP contribution in [0.2, 0.25) is 0 Å². The molecule has 0 bridgehead atoms. The lowest BCUT2D eigenvalue weighted by atomic mass is 9.79. The van der Waals surface area contributed by atoms with Crippen LogP contribution in [0, 0.1) is 0 Å². The summed E-state index contributed by atoms with van der Waals surface area (Å²) in [7, 11) is 4.37. The monoisotopic (exact) mass is 1100 g/mol.